The number of allylic oxidation sites excluding steroid dienone is 1. The van der Waals surface area contributed by atoms with Gasteiger partial charge in [-0.2, -0.15) is 5.26 Å². The molecule has 27 heavy (non-hydrogen) atoms. The highest BCUT2D eigenvalue weighted by atomic mass is 32.2. The molecule has 4 nitrogen and oxygen atoms in total. The molecular formula is C22H21N3OS. The Morgan fingerprint density at radius 3 is 2.63 bits per heavy atom. The predicted octanol–water partition coefficient (Wildman–Crippen LogP) is 4.47. The number of amides is 1. The smallest absolute Gasteiger partial charge is 0.229 e. The van der Waals surface area contributed by atoms with E-state index in [4.69, 9.17) is 0 Å². The van der Waals surface area contributed by atoms with Crippen molar-refractivity contribution in [1.29, 1.82) is 5.26 Å². The van der Waals surface area contributed by atoms with Crippen LogP contribution >= 0.6 is 11.8 Å². The zero-order valence-corrected chi connectivity index (χ0v) is 16.1. The minimum atomic E-state index is -0.142. The van der Waals surface area contributed by atoms with E-state index in [1.807, 2.05) is 36.4 Å². The SMILES string of the molecule is CCc1ccccc1N1CSC2=C(C#N)[C@H](c3ccccc3)CC(=O)N2C1. The molecule has 2 aliphatic heterocycles. The van der Waals surface area contributed by atoms with Crippen LogP contribution in [0.25, 0.3) is 0 Å². The van der Waals surface area contributed by atoms with E-state index in [9.17, 15) is 10.1 Å². The lowest BCUT2D eigenvalue weighted by atomic mass is 9.86. The molecule has 0 N–H and O–H groups in total. The number of aryl methyl sites for hydroxylation is 1. The molecule has 2 heterocycles. The van der Waals surface area contributed by atoms with Gasteiger partial charge in [-0.1, -0.05) is 67.2 Å². The number of hydrogen-bond donors (Lipinski definition) is 0. The van der Waals surface area contributed by atoms with Gasteiger partial charge < -0.3 is 4.90 Å². The Kier molecular flexibility index (Phi) is 4.91. The van der Waals surface area contributed by atoms with Crippen LogP contribution in [0.4, 0.5) is 5.69 Å². The molecule has 0 saturated carbocycles. The average molecular weight is 375 g/mol. The zero-order chi connectivity index (χ0) is 18.8. The average Bonchev–Trinajstić information content (AvgIpc) is 2.74. The van der Waals surface area contributed by atoms with E-state index in [0.717, 1.165) is 22.9 Å². The Morgan fingerprint density at radius 1 is 1.15 bits per heavy atom. The van der Waals surface area contributed by atoms with Gasteiger partial charge in [-0.3, -0.25) is 9.69 Å². The molecule has 4 rings (SSSR count). The Morgan fingerprint density at radius 2 is 1.89 bits per heavy atom. The van der Waals surface area contributed by atoms with Crippen LogP contribution in [0.3, 0.4) is 0 Å². The van der Waals surface area contributed by atoms with Crippen molar-refractivity contribution >= 4 is 23.4 Å². The van der Waals surface area contributed by atoms with Gasteiger partial charge in [0.1, 0.15) is 0 Å². The summed E-state index contributed by atoms with van der Waals surface area (Å²) in [5.74, 6) is 0.684. The molecule has 2 aliphatic rings. The van der Waals surface area contributed by atoms with Crippen LogP contribution in [0.1, 0.15) is 30.4 Å². The first-order valence-corrected chi connectivity index (χ1v) is 10.2. The Hall–Kier alpha value is -2.71. The van der Waals surface area contributed by atoms with Crippen molar-refractivity contribution in [3.8, 4) is 6.07 Å². The summed E-state index contributed by atoms with van der Waals surface area (Å²) >= 11 is 1.59. The number of fused-ring (bicyclic) bond motifs is 1. The molecule has 0 spiro atoms. The molecule has 136 valence electrons. The van der Waals surface area contributed by atoms with Crippen LogP contribution in [-0.2, 0) is 11.2 Å². The van der Waals surface area contributed by atoms with Gasteiger partial charge in [-0.05, 0) is 23.6 Å². The van der Waals surface area contributed by atoms with Gasteiger partial charge >= 0.3 is 0 Å². The summed E-state index contributed by atoms with van der Waals surface area (Å²) in [5, 5.41) is 10.7. The van der Waals surface area contributed by atoms with Crippen molar-refractivity contribution in [3.05, 3.63) is 76.3 Å². The first-order chi connectivity index (χ1) is 13.2. The van der Waals surface area contributed by atoms with E-state index in [0.29, 0.717) is 18.7 Å². The number of nitrogens with zero attached hydrogens (tertiary/aromatic N) is 3. The van der Waals surface area contributed by atoms with Gasteiger partial charge in [-0.25, -0.2) is 0 Å². The molecule has 5 heteroatoms. The molecule has 0 unspecified atom stereocenters. The van der Waals surface area contributed by atoms with Crippen LogP contribution in [0.2, 0.25) is 0 Å². The molecule has 1 fully saturated rings. The summed E-state index contributed by atoms with van der Waals surface area (Å²) in [7, 11) is 0. The van der Waals surface area contributed by atoms with Gasteiger partial charge in [0.2, 0.25) is 5.91 Å². The van der Waals surface area contributed by atoms with Gasteiger partial charge in [0.25, 0.3) is 0 Å². The van der Waals surface area contributed by atoms with Crippen molar-refractivity contribution < 1.29 is 4.79 Å². The lowest BCUT2D eigenvalue weighted by Crippen LogP contribution is -2.47. The Bertz CT molecular complexity index is 932. The summed E-state index contributed by atoms with van der Waals surface area (Å²) in [4.78, 5) is 17.0. The van der Waals surface area contributed by atoms with Gasteiger partial charge in [0.05, 0.1) is 29.2 Å². The van der Waals surface area contributed by atoms with E-state index in [-0.39, 0.29) is 11.8 Å². The van der Waals surface area contributed by atoms with Crippen LogP contribution in [-0.4, -0.2) is 23.4 Å². The number of anilines is 1. The number of hydrogen-bond acceptors (Lipinski definition) is 4. The fourth-order valence-electron chi connectivity index (χ4n) is 3.80. The lowest BCUT2D eigenvalue weighted by Gasteiger charge is -2.42. The normalized spacial score (nSPS) is 19.7. The fourth-order valence-corrected chi connectivity index (χ4v) is 4.96. The summed E-state index contributed by atoms with van der Waals surface area (Å²) < 4.78 is 0. The number of rotatable bonds is 3. The predicted molar refractivity (Wildman–Crippen MR) is 109 cm³/mol. The molecule has 0 bridgehead atoms. The van der Waals surface area contributed by atoms with E-state index in [2.05, 4.69) is 36.1 Å². The van der Waals surface area contributed by atoms with Crippen molar-refractivity contribution in [1.82, 2.24) is 4.90 Å². The second-order valence-corrected chi connectivity index (χ2v) is 7.69. The molecule has 1 amide bonds. The third-order valence-electron chi connectivity index (χ3n) is 5.21. The molecular weight excluding hydrogens is 354 g/mol. The first kappa shape index (κ1) is 17.7. The summed E-state index contributed by atoms with van der Waals surface area (Å²) in [5.41, 5.74) is 4.20. The maximum Gasteiger partial charge on any atom is 0.229 e. The maximum atomic E-state index is 12.9. The molecule has 0 aromatic heterocycles. The number of thioether (sulfide) groups is 1. The van der Waals surface area contributed by atoms with Crippen molar-refractivity contribution in [2.75, 3.05) is 17.4 Å². The highest BCUT2D eigenvalue weighted by Crippen LogP contribution is 2.43. The second-order valence-electron chi connectivity index (χ2n) is 6.76. The van der Waals surface area contributed by atoms with E-state index >= 15 is 0 Å². The summed E-state index contributed by atoms with van der Waals surface area (Å²) in [6.45, 7) is 2.65. The molecule has 1 atom stereocenters. The second kappa shape index (κ2) is 7.50. The van der Waals surface area contributed by atoms with Gasteiger partial charge in [-0.15, -0.1) is 0 Å². The molecule has 0 aliphatic carbocycles. The van der Waals surface area contributed by atoms with Crippen LogP contribution < -0.4 is 4.90 Å². The topological polar surface area (TPSA) is 47.3 Å². The number of benzene rings is 2. The van der Waals surface area contributed by atoms with Crippen LogP contribution in [0, 0.1) is 11.3 Å². The number of carbonyl (C=O) groups excluding carboxylic acids is 1. The summed E-state index contributed by atoms with van der Waals surface area (Å²) in [6.07, 6.45) is 1.30. The van der Waals surface area contributed by atoms with Crippen molar-refractivity contribution in [2.24, 2.45) is 0 Å². The monoisotopic (exact) mass is 375 g/mol. The lowest BCUT2D eigenvalue weighted by molar-refractivity contribution is -0.129. The van der Waals surface area contributed by atoms with E-state index in [1.54, 1.807) is 16.7 Å². The van der Waals surface area contributed by atoms with E-state index in [1.165, 1.54) is 11.3 Å². The third kappa shape index (κ3) is 3.22. The fraction of sp³-hybridized carbons (Fsp3) is 0.273. The number of para-hydroxylation sites is 1. The quantitative estimate of drug-likeness (QED) is 0.794. The van der Waals surface area contributed by atoms with Crippen LogP contribution in [0.15, 0.2) is 65.2 Å². The number of nitriles is 1. The highest BCUT2D eigenvalue weighted by Gasteiger charge is 2.38. The van der Waals surface area contributed by atoms with E-state index < -0.39 is 0 Å². The molecule has 0 radical (unpaired) electrons. The Balaban J connectivity index is 1.68. The minimum absolute atomic E-state index is 0.0871. The third-order valence-corrected chi connectivity index (χ3v) is 6.36. The zero-order valence-electron chi connectivity index (χ0n) is 15.3. The highest BCUT2D eigenvalue weighted by molar-refractivity contribution is 8.03. The number of carbonyl (C=O) groups is 1. The Labute approximate surface area is 164 Å². The largest absolute Gasteiger partial charge is 0.343 e. The first-order valence-electron chi connectivity index (χ1n) is 9.18. The van der Waals surface area contributed by atoms with Gasteiger partial charge in [0.15, 0.2) is 0 Å². The molecule has 1 saturated heterocycles. The van der Waals surface area contributed by atoms with Crippen molar-refractivity contribution in [2.45, 2.75) is 25.7 Å². The summed E-state index contributed by atoms with van der Waals surface area (Å²) in [6, 6.07) is 20.6. The van der Waals surface area contributed by atoms with Crippen molar-refractivity contribution in [3.63, 3.8) is 0 Å². The maximum absolute atomic E-state index is 12.9. The van der Waals surface area contributed by atoms with Gasteiger partial charge in [0, 0.05) is 18.0 Å². The van der Waals surface area contributed by atoms with Crippen LogP contribution in [0.5, 0.6) is 0 Å². The molecule has 2 aromatic carbocycles. The standard InChI is InChI=1S/C22H21N3OS/c1-2-16-8-6-7-11-20(16)24-14-25-21(26)12-18(17-9-4-3-5-10-17)19(13-23)22(25)27-15-24/h3-11,18H,2,12,14-15H2,1H3/t18-/m0/s1. The minimum Gasteiger partial charge on any atom is -0.343 e. The molecule has 2 aromatic rings.